The third kappa shape index (κ3) is 5.62. The topological polar surface area (TPSA) is 62.6 Å². The van der Waals surface area contributed by atoms with Crippen LogP contribution in [0.3, 0.4) is 0 Å². The number of furan rings is 1. The van der Waals surface area contributed by atoms with Gasteiger partial charge in [-0.15, -0.1) is 0 Å². The molecule has 23 heavy (non-hydrogen) atoms. The molecule has 0 radical (unpaired) electrons. The van der Waals surface area contributed by atoms with E-state index in [0.717, 1.165) is 12.8 Å². The van der Waals surface area contributed by atoms with Crippen molar-refractivity contribution in [2.75, 3.05) is 19.6 Å². The second-order valence-corrected chi connectivity index (χ2v) is 5.33. The van der Waals surface area contributed by atoms with Crippen LogP contribution in [-0.2, 0) is 11.2 Å². The van der Waals surface area contributed by atoms with Crippen LogP contribution >= 0.6 is 0 Å². The molecule has 1 aromatic heterocycles. The fourth-order valence-corrected chi connectivity index (χ4v) is 2.34. The van der Waals surface area contributed by atoms with Crippen molar-refractivity contribution in [2.24, 2.45) is 0 Å². The van der Waals surface area contributed by atoms with Crippen LogP contribution in [0.1, 0.15) is 29.5 Å². The number of nitrogens with zero attached hydrogens (tertiary/aromatic N) is 1. The molecule has 0 unspecified atom stereocenters. The number of nitrogens with one attached hydrogen (secondary N) is 1. The number of hydrogen-bond acceptors (Lipinski definition) is 3. The summed E-state index contributed by atoms with van der Waals surface area (Å²) in [6, 6.07) is 13.5. The molecule has 1 N–H and O–H groups in total. The van der Waals surface area contributed by atoms with Crippen molar-refractivity contribution in [2.45, 2.75) is 19.8 Å². The van der Waals surface area contributed by atoms with Crippen LogP contribution < -0.4 is 5.32 Å². The minimum Gasteiger partial charge on any atom is -0.459 e. The number of carbonyl (C=O) groups is 2. The molecule has 0 bridgehead atoms. The Morgan fingerprint density at radius 1 is 1.09 bits per heavy atom. The summed E-state index contributed by atoms with van der Waals surface area (Å²) in [7, 11) is 0. The SMILES string of the molecule is CC(=O)N(CCCc1ccccc1)CCNC(=O)c1ccco1. The van der Waals surface area contributed by atoms with Crippen molar-refractivity contribution >= 4 is 11.8 Å². The zero-order valence-corrected chi connectivity index (χ0v) is 13.3. The average molecular weight is 314 g/mol. The molecule has 0 saturated heterocycles. The number of amides is 2. The number of rotatable bonds is 8. The van der Waals surface area contributed by atoms with Gasteiger partial charge in [-0.3, -0.25) is 9.59 Å². The smallest absolute Gasteiger partial charge is 0.287 e. The van der Waals surface area contributed by atoms with Gasteiger partial charge < -0.3 is 14.6 Å². The van der Waals surface area contributed by atoms with Gasteiger partial charge >= 0.3 is 0 Å². The highest BCUT2D eigenvalue weighted by molar-refractivity contribution is 5.91. The standard InChI is InChI=1S/C18H22N2O3/c1-15(21)20(12-5-9-16-7-3-2-4-8-16)13-11-19-18(22)17-10-6-14-23-17/h2-4,6-8,10,14H,5,9,11-13H2,1H3,(H,19,22). The first kappa shape index (κ1) is 16.8. The molecule has 0 atom stereocenters. The number of aryl methyl sites for hydroxylation is 1. The van der Waals surface area contributed by atoms with Crippen molar-refractivity contribution in [1.29, 1.82) is 0 Å². The monoisotopic (exact) mass is 314 g/mol. The maximum Gasteiger partial charge on any atom is 0.287 e. The largest absolute Gasteiger partial charge is 0.459 e. The quantitative estimate of drug-likeness (QED) is 0.814. The Hall–Kier alpha value is -2.56. The lowest BCUT2D eigenvalue weighted by molar-refractivity contribution is -0.128. The lowest BCUT2D eigenvalue weighted by Crippen LogP contribution is -2.38. The highest BCUT2D eigenvalue weighted by atomic mass is 16.3. The molecule has 0 saturated carbocycles. The van der Waals surface area contributed by atoms with E-state index in [-0.39, 0.29) is 17.6 Å². The molecular weight excluding hydrogens is 292 g/mol. The summed E-state index contributed by atoms with van der Waals surface area (Å²) in [5.74, 6) is 0.0385. The Morgan fingerprint density at radius 2 is 1.87 bits per heavy atom. The van der Waals surface area contributed by atoms with Crippen molar-refractivity contribution in [3.63, 3.8) is 0 Å². The Balaban J connectivity index is 1.71. The van der Waals surface area contributed by atoms with Gasteiger partial charge in [0.15, 0.2) is 5.76 Å². The third-order valence-corrected chi connectivity index (χ3v) is 3.59. The van der Waals surface area contributed by atoms with Crippen LogP contribution in [-0.4, -0.2) is 36.3 Å². The molecule has 2 aromatic rings. The van der Waals surface area contributed by atoms with Crippen LogP contribution in [0.25, 0.3) is 0 Å². The normalized spacial score (nSPS) is 10.3. The highest BCUT2D eigenvalue weighted by Crippen LogP contribution is 2.04. The number of hydrogen-bond donors (Lipinski definition) is 1. The fourth-order valence-electron chi connectivity index (χ4n) is 2.34. The molecule has 5 nitrogen and oxygen atoms in total. The van der Waals surface area contributed by atoms with Crippen LogP contribution in [0.15, 0.2) is 53.1 Å². The van der Waals surface area contributed by atoms with Crippen LogP contribution in [0.5, 0.6) is 0 Å². The van der Waals surface area contributed by atoms with Crippen molar-refractivity contribution < 1.29 is 14.0 Å². The summed E-state index contributed by atoms with van der Waals surface area (Å²) < 4.78 is 5.02. The van der Waals surface area contributed by atoms with Crippen molar-refractivity contribution in [3.05, 3.63) is 60.1 Å². The first-order valence-corrected chi connectivity index (χ1v) is 7.78. The van der Waals surface area contributed by atoms with Gasteiger partial charge in [0.25, 0.3) is 5.91 Å². The summed E-state index contributed by atoms with van der Waals surface area (Å²) >= 11 is 0. The summed E-state index contributed by atoms with van der Waals surface area (Å²) in [4.78, 5) is 25.2. The highest BCUT2D eigenvalue weighted by Gasteiger charge is 2.11. The Kier molecular flexibility index (Phi) is 6.41. The second-order valence-electron chi connectivity index (χ2n) is 5.33. The summed E-state index contributed by atoms with van der Waals surface area (Å²) in [5, 5.41) is 2.75. The van der Waals surface area contributed by atoms with E-state index in [2.05, 4.69) is 17.4 Å². The zero-order valence-electron chi connectivity index (χ0n) is 13.3. The first-order chi connectivity index (χ1) is 11.2. The Morgan fingerprint density at radius 3 is 2.52 bits per heavy atom. The van der Waals surface area contributed by atoms with E-state index in [9.17, 15) is 9.59 Å². The predicted octanol–water partition coefficient (Wildman–Crippen LogP) is 2.49. The molecule has 1 heterocycles. The van der Waals surface area contributed by atoms with E-state index in [1.165, 1.54) is 11.8 Å². The minimum absolute atomic E-state index is 0.0188. The second kappa shape index (κ2) is 8.78. The number of benzene rings is 1. The molecule has 122 valence electrons. The molecule has 0 aliphatic heterocycles. The van der Waals surface area contributed by atoms with Crippen LogP contribution in [0, 0.1) is 0 Å². The van der Waals surface area contributed by atoms with Gasteiger partial charge in [-0.2, -0.15) is 0 Å². The van der Waals surface area contributed by atoms with Crippen molar-refractivity contribution in [3.8, 4) is 0 Å². The van der Waals surface area contributed by atoms with E-state index in [0.29, 0.717) is 19.6 Å². The Bertz CT molecular complexity index is 608. The van der Waals surface area contributed by atoms with E-state index in [4.69, 9.17) is 4.42 Å². The molecule has 2 amide bonds. The predicted molar refractivity (Wildman–Crippen MR) is 88.1 cm³/mol. The molecule has 0 spiro atoms. The molecular formula is C18H22N2O3. The molecule has 2 rings (SSSR count). The van der Waals surface area contributed by atoms with Gasteiger partial charge in [-0.1, -0.05) is 30.3 Å². The summed E-state index contributed by atoms with van der Waals surface area (Å²) in [6.45, 7) is 3.14. The zero-order chi connectivity index (χ0) is 16.5. The lowest BCUT2D eigenvalue weighted by atomic mass is 10.1. The first-order valence-electron chi connectivity index (χ1n) is 7.78. The lowest BCUT2D eigenvalue weighted by Gasteiger charge is -2.21. The molecule has 0 aliphatic rings. The van der Waals surface area contributed by atoms with Gasteiger partial charge in [0.1, 0.15) is 0 Å². The minimum atomic E-state index is -0.261. The van der Waals surface area contributed by atoms with Crippen molar-refractivity contribution in [1.82, 2.24) is 10.2 Å². The summed E-state index contributed by atoms with van der Waals surface area (Å²) in [6.07, 6.45) is 3.29. The van der Waals surface area contributed by atoms with Crippen LogP contribution in [0.4, 0.5) is 0 Å². The summed E-state index contributed by atoms with van der Waals surface area (Å²) in [5.41, 5.74) is 1.27. The van der Waals surface area contributed by atoms with Gasteiger partial charge in [0.2, 0.25) is 5.91 Å². The van der Waals surface area contributed by atoms with E-state index in [1.807, 2.05) is 18.2 Å². The van der Waals surface area contributed by atoms with Gasteiger partial charge in [-0.25, -0.2) is 0 Å². The van der Waals surface area contributed by atoms with Gasteiger partial charge in [0.05, 0.1) is 6.26 Å². The maximum atomic E-state index is 11.7. The number of carbonyl (C=O) groups excluding carboxylic acids is 2. The van der Waals surface area contributed by atoms with E-state index >= 15 is 0 Å². The molecule has 1 aromatic carbocycles. The van der Waals surface area contributed by atoms with Crippen LogP contribution in [0.2, 0.25) is 0 Å². The average Bonchev–Trinajstić information content (AvgIpc) is 3.08. The molecule has 0 aliphatic carbocycles. The maximum absolute atomic E-state index is 11.7. The molecule has 0 fully saturated rings. The Labute approximate surface area is 136 Å². The van der Waals surface area contributed by atoms with Gasteiger partial charge in [-0.05, 0) is 30.5 Å². The third-order valence-electron chi connectivity index (χ3n) is 3.59. The van der Waals surface area contributed by atoms with Gasteiger partial charge in [0, 0.05) is 26.6 Å². The van der Waals surface area contributed by atoms with E-state index in [1.54, 1.807) is 24.0 Å². The fraction of sp³-hybridized carbons (Fsp3) is 0.333. The van der Waals surface area contributed by atoms with E-state index < -0.39 is 0 Å². The molecule has 5 heteroatoms.